The zero-order valence-electron chi connectivity index (χ0n) is 16.2. The number of hydrogen-bond donors (Lipinski definition) is 1. The molecule has 2 aliphatic rings. The number of hydrogen-bond acceptors (Lipinski definition) is 5. The van der Waals surface area contributed by atoms with E-state index >= 15 is 0 Å². The number of thiophene rings is 1. The number of aryl methyl sites for hydroxylation is 2. The zero-order chi connectivity index (χ0) is 19.7. The summed E-state index contributed by atoms with van der Waals surface area (Å²) in [7, 11) is 0. The van der Waals surface area contributed by atoms with Crippen molar-refractivity contribution in [1.82, 2.24) is 19.8 Å². The Morgan fingerprint density at radius 2 is 2.00 bits per heavy atom. The lowest BCUT2D eigenvalue weighted by molar-refractivity contribution is -0.134. The van der Waals surface area contributed by atoms with Crippen molar-refractivity contribution in [2.24, 2.45) is 5.92 Å². The van der Waals surface area contributed by atoms with Crippen LogP contribution in [0.2, 0.25) is 0 Å². The Morgan fingerprint density at radius 3 is 2.79 bits per heavy atom. The number of piperidine rings is 1. The minimum Gasteiger partial charge on any atom is -0.345 e. The van der Waals surface area contributed by atoms with Gasteiger partial charge in [0.25, 0.3) is 5.56 Å². The van der Waals surface area contributed by atoms with Crippen LogP contribution < -0.4 is 10.9 Å². The van der Waals surface area contributed by atoms with E-state index in [4.69, 9.17) is 0 Å². The van der Waals surface area contributed by atoms with Crippen LogP contribution in [0, 0.1) is 5.92 Å². The van der Waals surface area contributed by atoms with E-state index in [2.05, 4.69) is 17.2 Å². The molecule has 0 spiro atoms. The molecule has 0 radical (unpaired) electrons. The number of carbonyl (C=O) groups excluding carboxylic acids is 2. The third-order valence-corrected chi connectivity index (χ3v) is 7.03. The second-order valence-corrected chi connectivity index (χ2v) is 8.99. The summed E-state index contributed by atoms with van der Waals surface area (Å²) in [5.74, 6) is 0.245. The van der Waals surface area contributed by atoms with Crippen LogP contribution in [-0.4, -0.2) is 45.9 Å². The first-order valence-electron chi connectivity index (χ1n) is 10.1. The van der Waals surface area contributed by atoms with Crippen molar-refractivity contribution in [2.45, 2.75) is 52.0 Å². The molecule has 8 heteroatoms. The number of nitrogens with one attached hydrogen (secondary N) is 1. The Bertz CT molecular complexity index is 956. The highest BCUT2D eigenvalue weighted by Gasteiger charge is 2.22. The molecule has 0 saturated carbocycles. The predicted molar refractivity (Wildman–Crippen MR) is 109 cm³/mol. The van der Waals surface area contributed by atoms with E-state index in [9.17, 15) is 14.4 Å². The van der Waals surface area contributed by atoms with Gasteiger partial charge in [-0.2, -0.15) is 0 Å². The number of aromatic nitrogens is 2. The predicted octanol–water partition coefficient (Wildman–Crippen LogP) is 1.71. The summed E-state index contributed by atoms with van der Waals surface area (Å²) in [6, 6.07) is 0. The Hall–Kier alpha value is -2.22. The average Bonchev–Trinajstić information content (AvgIpc) is 3.08. The van der Waals surface area contributed by atoms with Gasteiger partial charge in [-0.1, -0.05) is 6.92 Å². The minimum absolute atomic E-state index is 0.0223. The maximum atomic E-state index is 12.9. The SMILES string of the molecule is CC1CCN(C(=O)CNC(=O)Cn2cnc3sc4c(c3c2=O)CCCC4)CC1. The molecule has 1 N–H and O–H groups in total. The third-order valence-electron chi connectivity index (χ3n) is 5.83. The molecule has 1 fully saturated rings. The molecular weight excluding hydrogens is 376 g/mol. The van der Waals surface area contributed by atoms with Crippen molar-refractivity contribution in [3.8, 4) is 0 Å². The first kappa shape index (κ1) is 19.1. The van der Waals surface area contributed by atoms with Crippen molar-refractivity contribution in [2.75, 3.05) is 19.6 Å². The summed E-state index contributed by atoms with van der Waals surface area (Å²) in [6.45, 7) is 3.55. The maximum absolute atomic E-state index is 12.9. The second kappa shape index (κ2) is 8.03. The summed E-state index contributed by atoms with van der Waals surface area (Å²) in [4.78, 5) is 45.7. The lowest BCUT2D eigenvalue weighted by Gasteiger charge is -2.30. The second-order valence-electron chi connectivity index (χ2n) is 7.91. The summed E-state index contributed by atoms with van der Waals surface area (Å²) in [6.07, 6.45) is 7.61. The average molecular weight is 403 g/mol. The molecule has 0 atom stereocenters. The van der Waals surface area contributed by atoms with Gasteiger partial charge in [-0.3, -0.25) is 19.0 Å². The van der Waals surface area contributed by atoms with Gasteiger partial charge in [-0.05, 0) is 50.0 Å². The monoisotopic (exact) mass is 402 g/mol. The van der Waals surface area contributed by atoms with Gasteiger partial charge in [-0.15, -0.1) is 11.3 Å². The van der Waals surface area contributed by atoms with Crippen molar-refractivity contribution in [3.63, 3.8) is 0 Å². The molecule has 4 rings (SSSR count). The van der Waals surface area contributed by atoms with Crippen LogP contribution in [0.3, 0.4) is 0 Å². The van der Waals surface area contributed by atoms with Crippen LogP contribution in [-0.2, 0) is 29.0 Å². The molecule has 1 saturated heterocycles. The fraction of sp³-hybridized carbons (Fsp3) is 0.600. The number of likely N-dealkylation sites (tertiary alicyclic amines) is 1. The lowest BCUT2D eigenvalue weighted by Crippen LogP contribution is -2.44. The van der Waals surface area contributed by atoms with E-state index in [0.29, 0.717) is 11.3 Å². The highest BCUT2D eigenvalue weighted by atomic mass is 32.1. The molecule has 0 aromatic carbocycles. The highest BCUT2D eigenvalue weighted by Crippen LogP contribution is 2.33. The number of nitrogens with zero attached hydrogens (tertiary/aromatic N) is 3. The van der Waals surface area contributed by atoms with Gasteiger partial charge in [0.2, 0.25) is 11.8 Å². The van der Waals surface area contributed by atoms with Crippen LogP contribution in [0.15, 0.2) is 11.1 Å². The summed E-state index contributed by atoms with van der Waals surface area (Å²) in [5, 5.41) is 3.33. The molecule has 1 aliphatic heterocycles. The van der Waals surface area contributed by atoms with Crippen LogP contribution in [0.4, 0.5) is 0 Å². The van der Waals surface area contributed by atoms with E-state index in [0.717, 1.165) is 62.0 Å². The largest absolute Gasteiger partial charge is 0.345 e. The first-order chi connectivity index (χ1) is 13.5. The molecule has 2 aromatic rings. The lowest BCUT2D eigenvalue weighted by atomic mass is 9.97. The third kappa shape index (κ3) is 3.83. The summed E-state index contributed by atoms with van der Waals surface area (Å²) in [5.41, 5.74) is 0.962. The number of carbonyl (C=O) groups is 2. The van der Waals surface area contributed by atoms with E-state index in [1.165, 1.54) is 15.8 Å². The molecule has 7 nitrogen and oxygen atoms in total. The quantitative estimate of drug-likeness (QED) is 0.844. The van der Waals surface area contributed by atoms with Gasteiger partial charge >= 0.3 is 0 Å². The number of rotatable bonds is 4. The minimum atomic E-state index is -0.342. The van der Waals surface area contributed by atoms with Gasteiger partial charge in [-0.25, -0.2) is 4.98 Å². The molecule has 3 heterocycles. The van der Waals surface area contributed by atoms with Gasteiger partial charge in [0.1, 0.15) is 11.4 Å². The first-order valence-corrected chi connectivity index (χ1v) is 10.9. The Balaban J connectivity index is 1.40. The Morgan fingerprint density at radius 1 is 1.25 bits per heavy atom. The van der Waals surface area contributed by atoms with E-state index in [-0.39, 0.29) is 30.5 Å². The van der Waals surface area contributed by atoms with Crippen molar-refractivity contribution in [3.05, 3.63) is 27.1 Å². The fourth-order valence-corrected chi connectivity index (χ4v) is 5.27. The van der Waals surface area contributed by atoms with Crippen molar-refractivity contribution >= 4 is 33.4 Å². The van der Waals surface area contributed by atoms with Crippen LogP contribution in [0.1, 0.15) is 43.0 Å². The van der Waals surface area contributed by atoms with Crippen molar-refractivity contribution in [1.29, 1.82) is 0 Å². The van der Waals surface area contributed by atoms with Crippen LogP contribution in [0.25, 0.3) is 10.2 Å². The summed E-state index contributed by atoms with van der Waals surface area (Å²) < 4.78 is 1.35. The Kier molecular flexibility index (Phi) is 5.48. The number of amides is 2. The van der Waals surface area contributed by atoms with Gasteiger partial charge < -0.3 is 10.2 Å². The Labute approximate surface area is 167 Å². The van der Waals surface area contributed by atoms with E-state index in [1.54, 1.807) is 16.2 Å². The molecule has 2 amide bonds. The van der Waals surface area contributed by atoms with Gasteiger partial charge in [0.15, 0.2) is 0 Å². The molecule has 0 unspecified atom stereocenters. The topological polar surface area (TPSA) is 84.3 Å². The zero-order valence-corrected chi connectivity index (χ0v) is 17.0. The fourth-order valence-electron chi connectivity index (χ4n) is 4.05. The molecule has 0 bridgehead atoms. The van der Waals surface area contributed by atoms with E-state index < -0.39 is 0 Å². The smallest absolute Gasteiger partial charge is 0.262 e. The van der Waals surface area contributed by atoms with Crippen molar-refractivity contribution < 1.29 is 9.59 Å². The standard InChI is InChI=1S/C20H26N4O3S/c1-13-6-8-23(9-7-13)17(26)10-21-16(25)11-24-12-22-19-18(20(24)27)14-4-2-3-5-15(14)28-19/h12-13H,2-11H2,1H3,(H,21,25). The van der Waals surface area contributed by atoms with E-state index in [1.807, 2.05) is 0 Å². The van der Waals surface area contributed by atoms with Gasteiger partial charge in [0, 0.05) is 18.0 Å². The molecule has 28 heavy (non-hydrogen) atoms. The van der Waals surface area contributed by atoms with Crippen LogP contribution >= 0.6 is 11.3 Å². The van der Waals surface area contributed by atoms with Crippen LogP contribution in [0.5, 0.6) is 0 Å². The molecule has 150 valence electrons. The van der Waals surface area contributed by atoms with Gasteiger partial charge in [0.05, 0.1) is 18.3 Å². The molecule has 1 aliphatic carbocycles. The highest BCUT2D eigenvalue weighted by molar-refractivity contribution is 7.18. The maximum Gasteiger partial charge on any atom is 0.262 e. The molecular formula is C20H26N4O3S. The normalized spacial score (nSPS) is 17.5. The molecule has 2 aromatic heterocycles. The summed E-state index contributed by atoms with van der Waals surface area (Å²) >= 11 is 1.60. The number of fused-ring (bicyclic) bond motifs is 3.